The second-order valence-electron chi connectivity index (χ2n) is 9.79. The fourth-order valence-electron chi connectivity index (χ4n) is 5.59. The van der Waals surface area contributed by atoms with Crippen LogP contribution in [0.25, 0.3) is 89.7 Å². The molecule has 0 radical (unpaired) electrons. The largest absolute Gasteiger partial charge is 1.00 e. The van der Waals surface area contributed by atoms with E-state index in [0.717, 1.165) is 43.8 Å². The van der Waals surface area contributed by atoms with E-state index in [9.17, 15) is 0 Å². The fourth-order valence-corrected chi connectivity index (χ4v) is 5.59. The normalized spacial score (nSPS) is 11.4. The molecule has 0 fully saturated rings. The first-order chi connectivity index (χ1) is 19.8. The molecule has 9 rings (SSSR count). The number of aromatic amines is 2. The minimum absolute atomic E-state index is 0. The van der Waals surface area contributed by atoms with Crippen LogP contribution >= 0.6 is 0 Å². The van der Waals surface area contributed by atoms with Crippen molar-refractivity contribution in [3.63, 3.8) is 0 Å². The van der Waals surface area contributed by atoms with E-state index in [0.29, 0.717) is 45.9 Å². The average molecular weight is 749 g/mol. The molecule has 0 unspecified atom stereocenters. The van der Waals surface area contributed by atoms with E-state index in [2.05, 4.69) is 9.97 Å². The molecule has 0 saturated carbocycles. The van der Waals surface area contributed by atoms with Gasteiger partial charge in [0.2, 0.25) is 0 Å². The fraction of sp³-hybridized carbons (Fsp3) is 0. The third-order valence-corrected chi connectivity index (χ3v) is 7.46. The molecule has 2 aliphatic heterocycles. The van der Waals surface area contributed by atoms with Gasteiger partial charge in [0, 0.05) is 43.8 Å². The van der Waals surface area contributed by atoms with Crippen molar-refractivity contribution < 1.29 is 46.4 Å². The molecule has 7 aromatic rings. The molecule has 4 aromatic carbocycles. The average Bonchev–Trinajstić information content (AvgIpc) is 3.73. The van der Waals surface area contributed by atoms with E-state index in [1.165, 1.54) is 0 Å². The Balaban J connectivity index is 0.00000144. The van der Waals surface area contributed by atoms with E-state index < -0.39 is 0 Å². The van der Waals surface area contributed by atoms with Gasteiger partial charge in [-0.2, -0.15) is 0 Å². The SMILES string of the molecule is [Ag+].[I-].c1ccc2c(c1)-c1nc-2nc2[nH]c(nc3nc(nc4[nH]c(n1)c1ccccc41)-c1ccccc1-3)c1ccccc21. The van der Waals surface area contributed by atoms with Crippen molar-refractivity contribution in [2.45, 2.75) is 0 Å². The quantitative estimate of drug-likeness (QED) is 0.180. The Labute approximate surface area is 271 Å². The number of aromatic nitrogens is 8. The Kier molecular flexibility index (Phi) is 6.47. The third kappa shape index (κ3) is 4.00. The van der Waals surface area contributed by atoms with Crippen LogP contribution in [0.2, 0.25) is 0 Å². The zero-order chi connectivity index (χ0) is 26.2. The van der Waals surface area contributed by atoms with Crippen LogP contribution in [0.5, 0.6) is 0 Å². The summed E-state index contributed by atoms with van der Waals surface area (Å²) in [7, 11) is 0. The predicted molar refractivity (Wildman–Crippen MR) is 156 cm³/mol. The van der Waals surface area contributed by atoms with Crippen LogP contribution in [0.1, 0.15) is 0 Å². The number of rotatable bonds is 0. The maximum absolute atomic E-state index is 5.02. The number of nitrogens with one attached hydrogen (secondary N) is 2. The van der Waals surface area contributed by atoms with Crippen LogP contribution in [0.15, 0.2) is 97.1 Å². The minimum Gasteiger partial charge on any atom is -1.00 e. The van der Waals surface area contributed by atoms with Gasteiger partial charge in [-0.3, -0.25) is 0 Å². The molecule has 5 heterocycles. The number of nitrogens with zero attached hydrogens (tertiary/aromatic N) is 6. The Hall–Kier alpha value is -4.29. The molecule has 0 amide bonds. The number of benzene rings is 4. The van der Waals surface area contributed by atoms with Crippen LogP contribution in [-0.4, -0.2) is 39.9 Å². The molecule has 3 aromatic heterocycles. The number of fused-ring (bicyclic) bond motifs is 20. The molecular formula is C32H18AgIN8. The zero-order valence-electron chi connectivity index (χ0n) is 21.6. The van der Waals surface area contributed by atoms with Crippen LogP contribution in [0.3, 0.4) is 0 Å². The topological polar surface area (TPSA) is 109 Å². The van der Waals surface area contributed by atoms with Crippen molar-refractivity contribution >= 4 is 44.1 Å². The first-order valence-corrected chi connectivity index (χ1v) is 13.0. The van der Waals surface area contributed by atoms with E-state index in [1.807, 2.05) is 97.1 Å². The van der Waals surface area contributed by atoms with Gasteiger partial charge in [-0.15, -0.1) is 0 Å². The van der Waals surface area contributed by atoms with Gasteiger partial charge < -0.3 is 33.9 Å². The van der Waals surface area contributed by atoms with E-state index in [1.54, 1.807) is 0 Å². The smallest absolute Gasteiger partial charge is 1.00 e. The summed E-state index contributed by atoms with van der Waals surface area (Å²) in [5.74, 6) is 2.39. The number of H-pyrrole nitrogens is 2. The van der Waals surface area contributed by atoms with Gasteiger partial charge in [-0.05, 0) is 0 Å². The van der Waals surface area contributed by atoms with Crippen molar-refractivity contribution in [2.24, 2.45) is 0 Å². The van der Waals surface area contributed by atoms with Crippen molar-refractivity contribution in [3.05, 3.63) is 97.1 Å². The van der Waals surface area contributed by atoms with Gasteiger partial charge >= 0.3 is 22.4 Å². The monoisotopic (exact) mass is 748 g/mol. The number of hydrogen-bond acceptors (Lipinski definition) is 6. The van der Waals surface area contributed by atoms with Crippen molar-refractivity contribution in [1.82, 2.24) is 39.9 Å². The molecule has 2 N–H and O–H groups in total. The second kappa shape index (κ2) is 10.2. The van der Waals surface area contributed by atoms with Gasteiger partial charge in [0.15, 0.2) is 23.3 Å². The molecule has 0 aliphatic carbocycles. The molecule has 10 heteroatoms. The minimum atomic E-state index is 0. The summed E-state index contributed by atoms with van der Waals surface area (Å²) >= 11 is 0. The molecule has 204 valence electrons. The molecule has 8 bridgehead atoms. The van der Waals surface area contributed by atoms with Crippen LogP contribution in [0, 0.1) is 0 Å². The molecular weight excluding hydrogens is 731 g/mol. The summed E-state index contributed by atoms with van der Waals surface area (Å²) < 4.78 is 0. The van der Waals surface area contributed by atoms with Gasteiger partial charge in [0.1, 0.15) is 22.6 Å². The summed E-state index contributed by atoms with van der Waals surface area (Å²) in [6.07, 6.45) is 0. The maximum atomic E-state index is 5.02. The van der Waals surface area contributed by atoms with Gasteiger partial charge in [0.05, 0.1) is 0 Å². The Morgan fingerprint density at radius 3 is 0.833 bits per heavy atom. The molecule has 0 saturated heterocycles. The Morgan fingerprint density at radius 1 is 0.333 bits per heavy atom. The van der Waals surface area contributed by atoms with Crippen molar-refractivity contribution in [2.75, 3.05) is 0 Å². The standard InChI is InChI=1S/C32H18N8.Ag.HI/c1-2-10-18-17(9-1)25-33-26(18)38-28-21-13-5-6-14-22(21)30(35-28)40-32-24-16-8-7-15-23(24)31(36-32)39-29-20-12-4-3-11-19(20)27(34-29)37-25;;/h1-16H,(H2,33,34,35,36,37,38,39,40);;1H/q;+1;/p-1. The summed E-state index contributed by atoms with van der Waals surface area (Å²) in [6.45, 7) is 0. The van der Waals surface area contributed by atoms with Gasteiger partial charge in [-0.25, -0.2) is 29.9 Å². The molecule has 0 atom stereocenters. The van der Waals surface area contributed by atoms with Gasteiger partial charge in [0.25, 0.3) is 0 Å². The number of hydrogen-bond donors (Lipinski definition) is 2. The number of halogens is 1. The molecule has 0 spiro atoms. The van der Waals surface area contributed by atoms with Gasteiger partial charge in [-0.1, -0.05) is 97.1 Å². The predicted octanol–water partition coefficient (Wildman–Crippen LogP) is 3.87. The summed E-state index contributed by atoms with van der Waals surface area (Å²) in [4.78, 5) is 36.8. The Bertz CT molecular complexity index is 2040. The van der Waals surface area contributed by atoms with Crippen LogP contribution in [-0.2, 0) is 22.4 Å². The zero-order valence-corrected chi connectivity index (χ0v) is 25.2. The molecule has 2 aliphatic rings. The van der Waals surface area contributed by atoms with E-state index >= 15 is 0 Å². The first-order valence-electron chi connectivity index (χ1n) is 13.0. The Morgan fingerprint density at radius 2 is 0.571 bits per heavy atom. The second-order valence-corrected chi connectivity index (χ2v) is 9.79. The molecule has 8 nitrogen and oxygen atoms in total. The van der Waals surface area contributed by atoms with Crippen molar-refractivity contribution in [1.29, 1.82) is 0 Å². The molecule has 42 heavy (non-hydrogen) atoms. The van der Waals surface area contributed by atoms with E-state index in [-0.39, 0.29) is 46.4 Å². The summed E-state index contributed by atoms with van der Waals surface area (Å²) in [5, 5.41) is 3.82. The maximum Gasteiger partial charge on any atom is 1.00 e. The van der Waals surface area contributed by atoms with E-state index in [4.69, 9.17) is 29.9 Å². The van der Waals surface area contributed by atoms with Crippen LogP contribution < -0.4 is 24.0 Å². The van der Waals surface area contributed by atoms with Crippen molar-refractivity contribution in [3.8, 4) is 45.6 Å². The van der Waals surface area contributed by atoms with Crippen LogP contribution in [0.4, 0.5) is 0 Å². The third-order valence-electron chi connectivity index (χ3n) is 7.46. The summed E-state index contributed by atoms with van der Waals surface area (Å²) in [5.41, 5.74) is 6.45. The summed E-state index contributed by atoms with van der Waals surface area (Å²) in [6, 6.07) is 32.2. The first kappa shape index (κ1) is 26.6.